The average molecular weight is 342 g/mol. The lowest BCUT2D eigenvalue weighted by Crippen LogP contribution is -2.50. The summed E-state index contributed by atoms with van der Waals surface area (Å²) >= 11 is 3.40. The maximum Gasteiger partial charge on any atom is 0.321 e. The Hall–Kier alpha value is -1.07. The van der Waals surface area contributed by atoms with Gasteiger partial charge < -0.3 is 9.84 Å². The zero-order chi connectivity index (χ0) is 14.5. The number of hydrogen-bond acceptors (Lipinski definition) is 3. The molecule has 1 N–H and O–H groups in total. The van der Waals surface area contributed by atoms with Gasteiger partial charge in [-0.2, -0.15) is 0 Å². The summed E-state index contributed by atoms with van der Waals surface area (Å²) in [5.74, 6) is 0.281. The molecule has 110 valence electrons. The van der Waals surface area contributed by atoms with Crippen LogP contribution in [0.3, 0.4) is 0 Å². The molecule has 0 aromatic heterocycles. The molecule has 1 aliphatic rings. The fourth-order valence-electron chi connectivity index (χ4n) is 2.76. The number of halogens is 1. The normalized spacial score (nSPS) is 23.5. The molecule has 1 heterocycles. The van der Waals surface area contributed by atoms with Crippen molar-refractivity contribution >= 4 is 21.9 Å². The van der Waals surface area contributed by atoms with Gasteiger partial charge in [-0.3, -0.25) is 9.69 Å². The molecule has 1 aromatic rings. The Morgan fingerprint density at radius 1 is 1.55 bits per heavy atom. The Kier molecular flexibility index (Phi) is 5.43. The summed E-state index contributed by atoms with van der Waals surface area (Å²) in [5.41, 5.74) is 0. The highest BCUT2D eigenvalue weighted by Crippen LogP contribution is 2.23. The maximum absolute atomic E-state index is 11.4. The molecular formula is C15H20BrNO3. The first-order valence-corrected chi connectivity index (χ1v) is 7.72. The van der Waals surface area contributed by atoms with Crippen molar-refractivity contribution in [1.82, 2.24) is 4.90 Å². The standard InChI is InChI=1S/C15H20BrNO3/c1-11-4-3-7-17(14(11)15(18)19)8-9-20-13-6-2-5-12(16)10-13/h2,5-6,10-11,14H,3-4,7-9H2,1H3,(H,18,19). The van der Waals surface area contributed by atoms with Crippen LogP contribution in [0, 0.1) is 5.92 Å². The Labute approximate surface area is 127 Å². The molecule has 2 atom stereocenters. The fourth-order valence-corrected chi connectivity index (χ4v) is 3.14. The van der Waals surface area contributed by atoms with Gasteiger partial charge in [-0.05, 0) is 43.5 Å². The second-order valence-corrected chi connectivity index (χ2v) is 6.16. The molecule has 2 rings (SSSR count). The molecule has 2 unspecified atom stereocenters. The summed E-state index contributed by atoms with van der Waals surface area (Å²) in [6.45, 7) is 4.00. The largest absolute Gasteiger partial charge is 0.492 e. The van der Waals surface area contributed by atoms with Crippen LogP contribution < -0.4 is 4.74 Å². The van der Waals surface area contributed by atoms with E-state index in [2.05, 4.69) is 15.9 Å². The van der Waals surface area contributed by atoms with Crippen LogP contribution in [0.1, 0.15) is 19.8 Å². The van der Waals surface area contributed by atoms with Crippen LogP contribution in [0.4, 0.5) is 0 Å². The highest BCUT2D eigenvalue weighted by Gasteiger charge is 2.33. The second-order valence-electron chi connectivity index (χ2n) is 5.24. The lowest BCUT2D eigenvalue weighted by Gasteiger charge is -2.37. The number of carboxylic acid groups (broad SMARTS) is 1. The van der Waals surface area contributed by atoms with Gasteiger partial charge in [0.15, 0.2) is 0 Å². The Morgan fingerprint density at radius 2 is 2.35 bits per heavy atom. The molecule has 4 nitrogen and oxygen atoms in total. The van der Waals surface area contributed by atoms with Crippen LogP contribution in [-0.4, -0.2) is 41.7 Å². The molecule has 5 heteroatoms. The van der Waals surface area contributed by atoms with E-state index in [1.54, 1.807) is 0 Å². The monoisotopic (exact) mass is 341 g/mol. The van der Waals surface area contributed by atoms with Crippen molar-refractivity contribution < 1.29 is 14.6 Å². The third kappa shape index (κ3) is 3.96. The van der Waals surface area contributed by atoms with E-state index in [1.165, 1.54) is 0 Å². The molecule has 0 saturated carbocycles. The van der Waals surface area contributed by atoms with Gasteiger partial charge >= 0.3 is 5.97 Å². The van der Waals surface area contributed by atoms with E-state index in [4.69, 9.17) is 4.74 Å². The van der Waals surface area contributed by atoms with Gasteiger partial charge in [0.2, 0.25) is 0 Å². The minimum atomic E-state index is -0.723. The van der Waals surface area contributed by atoms with Crippen LogP contribution in [0.2, 0.25) is 0 Å². The highest BCUT2D eigenvalue weighted by molar-refractivity contribution is 9.10. The van der Waals surface area contributed by atoms with Gasteiger partial charge in [0, 0.05) is 11.0 Å². The van der Waals surface area contributed by atoms with E-state index in [-0.39, 0.29) is 12.0 Å². The van der Waals surface area contributed by atoms with Crippen LogP contribution in [0.5, 0.6) is 5.75 Å². The predicted octanol–water partition coefficient (Wildman–Crippen LogP) is 3.01. The second kappa shape index (κ2) is 7.09. The molecule has 1 aliphatic heterocycles. The number of ether oxygens (including phenoxy) is 1. The molecule has 1 aromatic carbocycles. The number of hydrogen-bond donors (Lipinski definition) is 1. The summed E-state index contributed by atoms with van der Waals surface area (Å²) in [5, 5.41) is 9.34. The SMILES string of the molecule is CC1CCCN(CCOc2cccc(Br)c2)C1C(=O)O. The third-order valence-corrected chi connectivity index (χ3v) is 4.23. The fraction of sp³-hybridized carbons (Fsp3) is 0.533. The summed E-state index contributed by atoms with van der Waals surface area (Å²) in [6.07, 6.45) is 2.04. The molecule has 20 heavy (non-hydrogen) atoms. The number of rotatable bonds is 5. The summed E-state index contributed by atoms with van der Waals surface area (Å²) in [7, 11) is 0. The van der Waals surface area contributed by atoms with Crippen LogP contribution in [0.15, 0.2) is 28.7 Å². The lowest BCUT2D eigenvalue weighted by atomic mass is 9.91. The first-order chi connectivity index (χ1) is 9.58. The van der Waals surface area contributed by atoms with Crippen molar-refractivity contribution in [2.45, 2.75) is 25.8 Å². The quantitative estimate of drug-likeness (QED) is 0.894. The van der Waals surface area contributed by atoms with Crippen molar-refractivity contribution in [2.24, 2.45) is 5.92 Å². The Balaban J connectivity index is 1.87. The molecule has 0 radical (unpaired) electrons. The Bertz CT molecular complexity index is 466. The van der Waals surface area contributed by atoms with Gasteiger partial charge in [-0.15, -0.1) is 0 Å². The van der Waals surface area contributed by atoms with Crippen molar-refractivity contribution in [3.8, 4) is 5.75 Å². The van der Waals surface area contributed by atoms with E-state index in [0.29, 0.717) is 13.2 Å². The van der Waals surface area contributed by atoms with Gasteiger partial charge in [0.25, 0.3) is 0 Å². The average Bonchev–Trinajstić information content (AvgIpc) is 2.38. The van der Waals surface area contributed by atoms with E-state index in [9.17, 15) is 9.90 Å². The van der Waals surface area contributed by atoms with Gasteiger partial charge in [0.05, 0.1) is 0 Å². The van der Waals surface area contributed by atoms with Gasteiger partial charge in [-0.25, -0.2) is 0 Å². The summed E-state index contributed by atoms with van der Waals surface area (Å²) < 4.78 is 6.67. The molecule has 0 spiro atoms. The van der Waals surface area contributed by atoms with Crippen molar-refractivity contribution in [1.29, 1.82) is 0 Å². The lowest BCUT2D eigenvalue weighted by molar-refractivity contribution is -0.147. The van der Waals surface area contributed by atoms with Gasteiger partial charge in [-0.1, -0.05) is 28.9 Å². The van der Waals surface area contributed by atoms with E-state index < -0.39 is 5.97 Å². The zero-order valence-corrected chi connectivity index (χ0v) is 13.2. The molecule has 0 bridgehead atoms. The smallest absolute Gasteiger partial charge is 0.321 e. The molecule has 0 aliphatic carbocycles. The Morgan fingerprint density at radius 3 is 3.05 bits per heavy atom. The summed E-state index contributed by atoms with van der Waals surface area (Å²) in [6, 6.07) is 7.29. The van der Waals surface area contributed by atoms with E-state index >= 15 is 0 Å². The predicted molar refractivity (Wildman–Crippen MR) is 81.0 cm³/mol. The molecular weight excluding hydrogens is 322 g/mol. The van der Waals surface area contributed by atoms with Crippen LogP contribution in [0.25, 0.3) is 0 Å². The number of carboxylic acids is 1. The molecule has 1 saturated heterocycles. The zero-order valence-electron chi connectivity index (χ0n) is 11.6. The minimum absolute atomic E-state index is 0.201. The number of likely N-dealkylation sites (tertiary alicyclic amines) is 1. The minimum Gasteiger partial charge on any atom is -0.492 e. The van der Waals surface area contributed by atoms with Crippen molar-refractivity contribution in [2.75, 3.05) is 19.7 Å². The van der Waals surface area contributed by atoms with E-state index in [0.717, 1.165) is 29.6 Å². The summed E-state index contributed by atoms with van der Waals surface area (Å²) in [4.78, 5) is 13.4. The topological polar surface area (TPSA) is 49.8 Å². The third-order valence-electron chi connectivity index (χ3n) is 3.73. The van der Waals surface area contributed by atoms with E-state index in [1.807, 2.05) is 36.1 Å². The van der Waals surface area contributed by atoms with Crippen LogP contribution >= 0.6 is 15.9 Å². The molecule has 1 fully saturated rings. The number of nitrogens with zero attached hydrogens (tertiary/aromatic N) is 1. The highest BCUT2D eigenvalue weighted by atomic mass is 79.9. The van der Waals surface area contributed by atoms with Crippen molar-refractivity contribution in [3.63, 3.8) is 0 Å². The van der Waals surface area contributed by atoms with Crippen molar-refractivity contribution in [3.05, 3.63) is 28.7 Å². The first-order valence-electron chi connectivity index (χ1n) is 6.93. The number of aliphatic carboxylic acids is 1. The number of piperidine rings is 1. The van der Waals surface area contributed by atoms with Crippen LogP contribution in [-0.2, 0) is 4.79 Å². The van der Waals surface area contributed by atoms with Gasteiger partial charge in [0.1, 0.15) is 18.4 Å². The first kappa shape index (κ1) is 15.3. The maximum atomic E-state index is 11.4. The molecule has 0 amide bonds. The number of benzene rings is 1. The number of carbonyl (C=O) groups is 1.